The molecular weight excluding hydrogens is 238 g/mol. The van der Waals surface area contributed by atoms with Gasteiger partial charge in [-0.3, -0.25) is 0 Å². The number of benzene rings is 1. The first kappa shape index (κ1) is 12.2. The SMILES string of the molecule is O=C(NC1CCC1)OCc1ccc(CCl)cc1. The van der Waals surface area contributed by atoms with Gasteiger partial charge in [0.15, 0.2) is 0 Å². The van der Waals surface area contributed by atoms with Crippen LogP contribution in [-0.4, -0.2) is 12.1 Å². The molecule has 1 aliphatic carbocycles. The summed E-state index contributed by atoms with van der Waals surface area (Å²) in [6, 6.07) is 8.05. The Balaban J connectivity index is 1.74. The van der Waals surface area contributed by atoms with E-state index in [0.29, 0.717) is 18.5 Å². The lowest BCUT2D eigenvalue weighted by Crippen LogP contribution is -2.39. The summed E-state index contributed by atoms with van der Waals surface area (Å²) in [5.74, 6) is 0.503. The molecule has 4 heteroatoms. The highest BCUT2D eigenvalue weighted by Crippen LogP contribution is 2.18. The van der Waals surface area contributed by atoms with Crippen LogP contribution in [0.5, 0.6) is 0 Å². The van der Waals surface area contributed by atoms with Gasteiger partial charge in [-0.15, -0.1) is 11.6 Å². The maximum atomic E-state index is 11.4. The minimum absolute atomic E-state index is 0.307. The molecule has 3 nitrogen and oxygen atoms in total. The van der Waals surface area contributed by atoms with Crippen molar-refractivity contribution in [3.63, 3.8) is 0 Å². The number of alkyl carbamates (subject to hydrolysis) is 1. The average Bonchev–Trinajstić information content (AvgIpc) is 2.32. The molecule has 0 heterocycles. The molecule has 1 aromatic rings. The predicted octanol–water partition coefficient (Wildman–Crippen LogP) is 3.20. The highest BCUT2D eigenvalue weighted by atomic mass is 35.5. The van der Waals surface area contributed by atoms with Crippen molar-refractivity contribution in [2.45, 2.75) is 37.8 Å². The summed E-state index contributed by atoms with van der Waals surface area (Å²) < 4.78 is 5.12. The third-order valence-electron chi connectivity index (χ3n) is 2.97. The van der Waals surface area contributed by atoms with E-state index in [1.54, 1.807) is 0 Å². The third kappa shape index (κ3) is 3.63. The number of rotatable bonds is 4. The van der Waals surface area contributed by atoms with Gasteiger partial charge in [-0.1, -0.05) is 24.3 Å². The van der Waals surface area contributed by atoms with Crippen LogP contribution < -0.4 is 5.32 Å². The zero-order chi connectivity index (χ0) is 12.1. The summed E-state index contributed by atoms with van der Waals surface area (Å²) in [7, 11) is 0. The molecule has 0 unspecified atom stereocenters. The lowest BCUT2D eigenvalue weighted by molar-refractivity contribution is 0.130. The number of amides is 1. The molecule has 0 aromatic heterocycles. The van der Waals surface area contributed by atoms with Crippen LogP contribution in [0.4, 0.5) is 4.79 Å². The maximum absolute atomic E-state index is 11.4. The molecule has 1 N–H and O–H groups in total. The van der Waals surface area contributed by atoms with Gasteiger partial charge in [0.25, 0.3) is 0 Å². The van der Waals surface area contributed by atoms with Gasteiger partial charge in [0.05, 0.1) is 0 Å². The minimum Gasteiger partial charge on any atom is -0.445 e. The van der Waals surface area contributed by atoms with Crippen molar-refractivity contribution in [2.24, 2.45) is 0 Å². The summed E-state index contributed by atoms with van der Waals surface area (Å²) in [5.41, 5.74) is 2.04. The monoisotopic (exact) mass is 253 g/mol. The van der Waals surface area contributed by atoms with E-state index in [9.17, 15) is 4.79 Å². The Morgan fingerprint density at radius 3 is 2.47 bits per heavy atom. The number of hydrogen-bond donors (Lipinski definition) is 1. The number of hydrogen-bond acceptors (Lipinski definition) is 2. The summed E-state index contributed by atoms with van der Waals surface area (Å²) in [6.45, 7) is 0.307. The second-order valence-electron chi connectivity index (χ2n) is 4.30. The normalized spacial score (nSPS) is 15.1. The van der Waals surface area contributed by atoms with Crippen molar-refractivity contribution in [2.75, 3.05) is 0 Å². The second-order valence-corrected chi connectivity index (χ2v) is 4.57. The molecule has 0 radical (unpaired) electrons. The van der Waals surface area contributed by atoms with E-state index in [2.05, 4.69) is 5.32 Å². The fourth-order valence-electron chi connectivity index (χ4n) is 1.63. The zero-order valence-corrected chi connectivity index (χ0v) is 10.4. The Labute approximate surface area is 106 Å². The standard InChI is InChI=1S/C13H16ClNO2/c14-8-10-4-6-11(7-5-10)9-17-13(16)15-12-2-1-3-12/h4-7,12H,1-3,8-9H2,(H,15,16). The number of halogens is 1. The van der Waals surface area contributed by atoms with Gasteiger partial charge in [0, 0.05) is 11.9 Å². The van der Waals surface area contributed by atoms with Crippen molar-refractivity contribution in [3.05, 3.63) is 35.4 Å². The first-order valence-corrected chi connectivity index (χ1v) is 6.38. The molecule has 0 bridgehead atoms. The number of nitrogens with one attached hydrogen (secondary N) is 1. The van der Waals surface area contributed by atoms with Crippen LogP contribution in [0.2, 0.25) is 0 Å². The first-order chi connectivity index (χ1) is 8.28. The number of ether oxygens (including phenoxy) is 1. The van der Waals surface area contributed by atoms with Crippen LogP contribution >= 0.6 is 11.6 Å². The molecule has 0 saturated heterocycles. The van der Waals surface area contributed by atoms with Gasteiger partial charge >= 0.3 is 6.09 Å². The molecule has 2 rings (SSSR count). The van der Waals surface area contributed by atoms with Crippen molar-refractivity contribution >= 4 is 17.7 Å². The summed E-state index contributed by atoms with van der Waals surface area (Å²) in [6.07, 6.45) is 3.01. The minimum atomic E-state index is -0.323. The third-order valence-corrected chi connectivity index (χ3v) is 3.28. The van der Waals surface area contributed by atoms with E-state index in [4.69, 9.17) is 16.3 Å². The van der Waals surface area contributed by atoms with Gasteiger partial charge in [-0.2, -0.15) is 0 Å². The van der Waals surface area contributed by atoms with E-state index in [-0.39, 0.29) is 6.09 Å². The van der Waals surface area contributed by atoms with Crippen molar-refractivity contribution in [1.29, 1.82) is 0 Å². The zero-order valence-electron chi connectivity index (χ0n) is 9.62. The first-order valence-electron chi connectivity index (χ1n) is 5.85. The highest BCUT2D eigenvalue weighted by molar-refractivity contribution is 6.17. The molecule has 1 aliphatic rings. The summed E-state index contributed by atoms with van der Waals surface area (Å²) in [5, 5.41) is 2.83. The largest absolute Gasteiger partial charge is 0.445 e. The molecule has 92 valence electrons. The van der Waals surface area contributed by atoms with Gasteiger partial charge < -0.3 is 10.1 Å². The average molecular weight is 254 g/mol. The van der Waals surface area contributed by atoms with E-state index >= 15 is 0 Å². The van der Waals surface area contributed by atoms with Gasteiger partial charge in [-0.05, 0) is 30.4 Å². The number of carbonyl (C=O) groups excluding carboxylic acids is 1. The molecule has 1 aromatic carbocycles. The molecule has 1 saturated carbocycles. The lowest BCUT2D eigenvalue weighted by atomic mass is 9.93. The Bertz CT molecular complexity index is 374. The van der Waals surface area contributed by atoms with Crippen LogP contribution in [0.3, 0.4) is 0 Å². The van der Waals surface area contributed by atoms with E-state index in [0.717, 1.165) is 24.0 Å². The Morgan fingerprint density at radius 1 is 1.29 bits per heavy atom. The Kier molecular flexibility index (Phi) is 4.26. The molecule has 0 spiro atoms. The van der Waals surface area contributed by atoms with Crippen LogP contribution in [-0.2, 0) is 17.2 Å². The quantitative estimate of drug-likeness (QED) is 0.837. The topological polar surface area (TPSA) is 38.3 Å². The smallest absolute Gasteiger partial charge is 0.407 e. The van der Waals surface area contributed by atoms with Crippen LogP contribution in [0.15, 0.2) is 24.3 Å². The number of alkyl halides is 1. The second kappa shape index (κ2) is 5.92. The molecule has 1 fully saturated rings. The van der Waals surface area contributed by atoms with Gasteiger partial charge in [-0.25, -0.2) is 4.79 Å². The van der Waals surface area contributed by atoms with Crippen molar-refractivity contribution in [1.82, 2.24) is 5.32 Å². The predicted molar refractivity (Wildman–Crippen MR) is 67.0 cm³/mol. The van der Waals surface area contributed by atoms with Gasteiger partial charge in [0.2, 0.25) is 0 Å². The molecule has 0 atom stereocenters. The molecule has 0 aliphatic heterocycles. The van der Waals surface area contributed by atoms with Gasteiger partial charge in [0.1, 0.15) is 6.61 Å². The Morgan fingerprint density at radius 2 is 1.94 bits per heavy atom. The lowest BCUT2D eigenvalue weighted by Gasteiger charge is -2.25. The number of carbonyl (C=O) groups is 1. The Hall–Kier alpha value is -1.22. The summed E-state index contributed by atoms with van der Waals surface area (Å²) in [4.78, 5) is 11.4. The maximum Gasteiger partial charge on any atom is 0.407 e. The fourth-order valence-corrected chi connectivity index (χ4v) is 1.81. The van der Waals surface area contributed by atoms with Crippen molar-refractivity contribution in [3.8, 4) is 0 Å². The molecule has 1 amide bonds. The van der Waals surface area contributed by atoms with E-state index in [1.165, 1.54) is 6.42 Å². The van der Waals surface area contributed by atoms with E-state index < -0.39 is 0 Å². The van der Waals surface area contributed by atoms with Crippen molar-refractivity contribution < 1.29 is 9.53 Å². The fraction of sp³-hybridized carbons (Fsp3) is 0.462. The molecular formula is C13H16ClNO2. The van der Waals surface area contributed by atoms with Crippen LogP contribution in [0.1, 0.15) is 30.4 Å². The van der Waals surface area contributed by atoms with Crippen LogP contribution in [0.25, 0.3) is 0 Å². The van der Waals surface area contributed by atoms with E-state index in [1.807, 2.05) is 24.3 Å². The highest BCUT2D eigenvalue weighted by Gasteiger charge is 2.19. The summed E-state index contributed by atoms with van der Waals surface area (Å²) >= 11 is 5.69. The van der Waals surface area contributed by atoms with Crippen LogP contribution in [0, 0.1) is 0 Å². The molecule has 17 heavy (non-hydrogen) atoms.